The van der Waals surface area contributed by atoms with E-state index < -0.39 is 0 Å². The van der Waals surface area contributed by atoms with Gasteiger partial charge < -0.3 is 10.0 Å². The van der Waals surface area contributed by atoms with Crippen LogP contribution in [0.25, 0.3) is 11.0 Å². The molecular weight excluding hydrogens is 282 g/mol. The number of β-amino-alcohol motifs (C(OH)–C–C–N with tert-alkyl or cyclic N) is 1. The minimum atomic E-state index is -0.228. The monoisotopic (exact) mass is 293 g/mol. The number of fused-ring (bicyclic) bond motifs is 1. The molecule has 0 radical (unpaired) electrons. The molecule has 0 aliphatic carbocycles. The number of anilines is 1. The van der Waals surface area contributed by atoms with Crippen molar-refractivity contribution < 1.29 is 5.11 Å². The second-order valence-corrected chi connectivity index (χ2v) is 5.16. The number of nitrogens with zero attached hydrogens (tertiary/aromatic N) is 3. The zero-order chi connectivity index (χ0) is 11.8. The van der Waals surface area contributed by atoms with Crippen LogP contribution >= 0.6 is 15.9 Å². The fourth-order valence-corrected chi connectivity index (χ4v) is 2.53. The first-order chi connectivity index (χ1) is 8.24. The third-order valence-electron chi connectivity index (χ3n) is 3.03. The summed E-state index contributed by atoms with van der Waals surface area (Å²) in [7, 11) is 0. The Balaban J connectivity index is 2.10. The average Bonchev–Trinajstić information content (AvgIpc) is 2.74. The lowest BCUT2D eigenvalue weighted by Gasteiger charge is -2.18. The molecule has 5 heteroatoms. The lowest BCUT2D eigenvalue weighted by atomic mass is 10.2. The Morgan fingerprint density at radius 3 is 3.06 bits per heavy atom. The topological polar surface area (TPSA) is 49.2 Å². The van der Waals surface area contributed by atoms with Crippen molar-refractivity contribution in [1.82, 2.24) is 9.97 Å². The maximum atomic E-state index is 9.59. The number of hydrogen-bond donors (Lipinski definition) is 1. The summed E-state index contributed by atoms with van der Waals surface area (Å²) in [6.45, 7) is 1.55. The Morgan fingerprint density at radius 2 is 2.29 bits per heavy atom. The molecular formula is C12H12BrN3O. The van der Waals surface area contributed by atoms with Crippen molar-refractivity contribution in [1.29, 1.82) is 0 Å². The highest BCUT2D eigenvalue weighted by atomic mass is 79.9. The number of aliphatic hydroxyl groups is 1. The minimum Gasteiger partial charge on any atom is -0.391 e. The van der Waals surface area contributed by atoms with Crippen molar-refractivity contribution in [2.75, 3.05) is 18.0 Å². The summed E-state index contributed by atoms with van der Waals surface area (Å²) < 4.78 is 0.927. The van der Waals surface area contributed by atoms with Gasteiger partial charge in [0.15, 0.2) is 0 Å². The smallest absolute Gasteiger partial charge is 0.112 e. The first-order valence-electron chi connectivity index (χ1n) is 5.57. The van der Waals surface area contributed by atoms with Crippen molar-refractivity contribution in [2.45, 2.75) is 12.5 Å². The predicted octanol–water partition coefficient (Wildman–Crippen LogP) is 1.96. The molecule has 1 atom stereocenters. The molecule has 0 unspecified atom stereocenters. The lowest BCUT2D eigenvalue weighted by Crippen LogP contribution is -2.21. The Labute approximate surface area is 107 Å². The van der Waals surface area contributed by atoms with Gasteiger partial charge >= 0.3 is 0 Å². The molecule has 0 saturated carbocycles. The van der Waals surface area contributed by atoms with E-state index >= 15 is 0 Å². The molecule has 0 bridgehead atoms. The van der Waals surface area contributed by atoms with Crippen LogP contribution in [-0.2, 0) is 0 Å². The van der Waals surface area contributed by atoms with Gasteiger partial charge in [-0.25, -0.2) is 0 Å². The maximum absolute atomic E-state index is 9.59. The van der Waals surface area contributed by atoms with Crippen LogP contribution in [0.2, 0.25) is 0 Å². The highest BCUT2D eigenvalue weighted by Crippen LogP contribution is 2.27. The molecule has 0 amide bonds. The molecule has 2 aromatic heterocycles. The maximum Gasteiger partial charge on any atom is 0.112 e. The van der Waals surface area contributed by atoms with Gasteiger partial charge in [-0.15, -0.1) is 0 Å². The Morgan fingerprint density at radius 1 is 1.41 bits per heavy atom. The van der Waals surface area contributed by atoms with Crippen LogP contribution < -0.4 is 4.90 Å². The van der Waals surface area contributed by atoms with Gasteiger partial charge in [-0.05, 0) is 34.5 Å². The molecule has 3 rings (SSSR count). The highest BCUT2D eigenvalue weighted by molar-refractivity contribution is 9.10. The van der Waals surface area contributed by atoms with Crippen LogP contribution in [0.3, 0.4) is 0 Å². The fraction of sp³-hybridized carbons (Fsp3) is 0.333. The van der Waals surface area contributed by atoms with Gasteiger partial charge in [-0.2, -0.15) is 0 Å². The van der Waals surface area contributed by atoms with E-state index in [-0.39, 0.29) is 6.10 Å². The second-order valence-electron chi connectivity index (χ2n) is 4.24. The summed E-state index contributed by atoms with van der Waals surface area (Å²) in [5.41, 5.74) is 2.82. The number of halogens is 1. The van der Waals surface area contributed by atoms with Gasteiger partial charge in [0.2, 0.25) is 0 Å². The van der Waals surface area contributed by atoms with E-state index in [1.807, 2.05) is 12.1 Å². The number of aliphatic hydroxyl groups excluding tert-OH is 1. The molecule has 17 heavy (non-hydrogen) atoms. The highest BCUT2D eigenvalue weighted by Gasteiger charge is 2.22. The molecule has 1 saturated heterocycles. The van der Waals surface area contributed by atoms with Crippen LogP contribution in [0.5, 0.6) is 0 Å². The van der Waals surface area contributed by atoms with Crippen molar-refractivity contribution >= 4 is 32.7 Å². The lowest BCUT2D eigenvalue weighted by molar-refractivity contribution is 0.198. The Kier molecular flexibility index (Phi) is 2.72. The van der Waals surface area contributed by atoms with E-state index in [4.69, 9.17) is 0 Å². The van der Waals surface area contributed by atoms with Gasteiger partial charge in [0.1, 0.15) is 5.52 Å². The third kappa shape index (κ3) is 2.00. The second kappa shape index (κ2) is 4.23. The van der Waals surface area contributed by atoms with Gasteiger partial charge in [0.25, 0.3) is 0 Å². The molecule has 2 aromatic rings. The van der Waals surface area contributed by atoms with Crippen LogP contribution in [0.15, 0.2) is 29.0 Å². The van der Waals surface area contributed by atoms with E-state index in [1.54, 1.807) is 12.4 Å². The standard InChI is InChI=1S/C12H12BrN3O/c13-8-5-10-12(15-6-8)11(1-3-14-10)16-4-2-9(17)7-16/h1,3,5-6,9,17H,2,4,7H2/t9-/m1/s1. The molecule has 1 aliphatic rings. The van der Waals surface area contributed by atoms with Crippen molar-refractivity contribution in [2.24, 2.45) is 0 Å². The summed E-state index contributed by atoms with van der Waals surface area (Å²) in [5, 5.41) is 9.59. The Bertz CT molecular complexity index is 560. The van der Waals surface area contributed by atoms with Gasteiger partial charge in [-0.3, -0.25) is 9.97 Å². The van der Waals surface area contributed by atoms with Crippen LogP contribution in [0.4, 0.5) is 5.69 Å². The Hall–Kier alpha value is -1.20. The molecule has 0 spiro atoms. The first kappa shape index (κ1) is 10.9. The summed E-state index contributed by atoms with van der Waals surface area (Å²) in [4.78, 5) is 10.9. The number of hydrogen-bond acceptors (Lipinski definition) is 4. The quantitative estimate of drug-likeness (QED) is 0.873. The summed E-state index contributed by atoms with van der Waals surface area (Å²) in [5.74, 6) is 0. The number of rotatable bonds is 1. The van der Waals surface area contributed by atoms with Crippen LogP contribution in [0.1, 0.15) is 6.42 Å². The summed E-state index contributed by atoms with van der Waals surface area (Å²) >= 11 is 3.39. The van der Waals surface area contributed by atoms with Crippen molar-refractivity contribution in [3.8, 4) is 0 Å². The average molecular weight is 294 g/mol. The number of aromatic nitrogens is 2. The third-order valence-corrected chi connectivity index (χ3v) is 3.46. The van der Waals surface area contributed by atoms with E-state index in [0.29, 0.717) is 6.54 Å². The SMILES string of the molecule is O[C@@H]1CCN(c2ccnc3cc(Br)cnc23)C1. The zero-order valence-electron chi connectivity index (χ0n) is 9.17. The van der Waals surface area contributed by atoms with E-state index in [0.717, 1.165) is 34.2 Å². The van der Waals surface area contributed by atoms with Crippen LogP contribution in [-0.4, -0.2) is 34.3 Å². The van der Waals surface area contributed by atoms with Crippen molar-refractivity contribution in [3.05, 3.63) is 29.0 Å². The van der Waals surface area contributed by atoms with E-state index in [9.17, 15) is 5.11 Å². The largest absolute Gasteiger partial charge is 0.391 e. The molecule has 1 aliphatic heterocycles. The molecule has 1 N–H and O–H groups in total. The van der Waals surface area contributed by atoms with E-state index in [2.05, 4.69) is 30.8 Å². The normalized spacial score (nSPS) is 20.1. The zero-order valence-corrected chi connectivity index (χ0v) is 10.8. The molecule has 4 nitrogen and oxygen atoms in total. The van der Waals surface area contributed by atoms with Gasteiger partial charge in [-0.1, -0.05) is 0 Å². The summed E-state index contributed by atoms with van der Waals surface area (Å²) in [6, 6.07) is 3.92. The first-order valence-corrected chi connectivity index (χ1v) is 6.36. The fourth-order valence-electron chi connectivity index (χ4n) is 2.21. The minimum absolute atomic E-state index is 0.228. The van der Waals surface area contributed by atoms with Crippen molar-refractivity contribution in [3.63, 3.8) is 0 Å². The summed E-state index contributed by atoms with van der Waals surface area (Å²) in [6.07, 6.45) is 4.16. The van der Waals surface area contributed by atoms with Crippen LogP contribution in [0, 0.1) is 0 Å². The molecule has 0 aromatic carbocycles. The number of pyridine rings is 2. The molecule has 88 valence electrons. The predicted molar refractivity (Wildman–Crippen MR) is 70.1 cm³/mol. The molecule has 3 heterocycles. The van der Waals surface area contributed by atoms with Gasteiger partial charge in [0.05, 0.1) is 17.3 Å². The van der Waals surface area contributed by atoms with Gasteiger partial charge in [0, 0.05) is 30.0 Å². The molecule has 1 fully saturated rings. The van der Waals surface area contributed by atoms with E-state index in [1.165, 1.54) is 0 Å².